The van der Waals surface area contributed by atoms with E-state index >= 15 is 0 Å². The summed E-state index contributed by atoms with van der Waals surface area (Å²) in [5, 5.41) is 13.3. The van der Waals surface area contributed by atoms with Crippen molar-refractivity contribution in [1.82, 2.24) is 10.2 Å². The van der Waals surface area contributed by atoms with Crippen LogP contribution in [0.1, 0.15) is 18.0 Å². The number of halogens is 5. The van der Waals surface area contributed by atoms with Gasteiger partial charge in [-0.15, -0.1) is 31.4 Å². The highest BCUT2D eigenvalue weighted by atomic mass is 35.5. The molecule has 1 aromatic carbocycles. The van der Waals surface area contributed by atoms with Gasteiger partial charge in [0.2, 0.25) is 0 Å². The van der Waals surface area contributed by atoms with Crippen LogP contribution in [0.25, 0.3) is 0 Å². The smallest absolute Gasteiger partial charge is 0.446 e. The summed E-state index contributed by atoms with van der Waals surface area (Å²) in [4.78, 5) is 2.25. The van der Waals surface area contributed by atoms with Gasteiger partial charge >= 0.3 is 5.51 Å². The van der Waals surface area contributed by atoms with Gasteiger partial charge in [0.25, 0.3) is 0 Å². The standard InChI is InChI=1S/C15H19F3N2OS.2ClH/c1-2-3-13(20-8-6-19-7-9-20)12-10-11(4-5-14(12)21)22-15(16,17)18;;/h2,4-5,10,13,19,21H,1,3,6-9H2;2*1H/t13-;;/m1../s1. The Bertz CT molecular complexity index is 526. The van der Waals surface area contributed by atoms with Gasteiger partial charge < -0.3 is 10.4 Å². The highest BCUT2D eigenvalue weighted by Gasteiger charge is 2.30. The molecule has 1 fully saturated rings. The van der Waals surface area contributed by atoms with Gasteiger partial charge in [0.15, 0.2) is 0 Å². The van der Waals surface area contributed by atoms with E-state index in [-0.39, 0.29) is 53.3 Å². The Morgan fingerprint density at radius 3 is 2.46 bits per heavy atom. The average Bonchev–Trinajstić information content (AvgIpc) is 2.46. The van der Waals surface area contributed by atoms with Crippen molar-refractivity contribution >= 4 is 36.6 Å². The molecule has 1 aliphatic heterocycles. The van der Waals surface area contributed by atoms with Crippen LogP contribution in [0.3, 0.4) is 0 Å². The predicted molar refractivity (Wildman–Crippen MR) is 96.5 cm³/mol. The number of phenols is 1. The Kier molecular flexibility index (Phi) is 10.1. The van der Waals surface area contributed by atoms with Crippen LogP contribution in [-0.4, -0.2) is 41.7 Å². The molecule has 24 heavy (non-hydrogen) atoms. The molecule has 1 aliphatic rings. The summed E-state index contributed by atoms with van der Waals surface area (Å²) in [6, 6.07) is 3.90. The number of nitrogens with one attached hydrogen (secondary N) is 1. The third-order valence-electron chi connectivity index (χ3n) is 3.57. The van der Waals surface area contributed by atoms with E-state index in [1.807, 2.05) is 0 Å². The van der Waals surface area contributed by atoms with Crippen molar-refractivity contribution in [3.63, 3.8) is 0 Å². The minimum Gasteiger partial charge on any atom is -0.508 e. The SMILES string of the molecule is C=CC[C@H](c1cc(SC(F)(F)F)ccc1O)N1CCNCC1.Cl.Cl. The summed E-state index contributed by atoms with van der Waals surface area (Å²) in [6.07, 6.45) is 2.31. The average molecular weight is 405 g/mol. The van der Waals surface area contributed by atoms with Crippen molar-refractivity contribution in [2.45, 2.75) is 22.9 Å². The number of nitrogens with zero attached hydrogens (tertiary/aromatic N) is 1. The summed E-state index contributed by atoms with van der Waals surface area (Å²) >= 11 is -0.162. The minimum atomic E-state index is -4.34. The van der Waals surface area contributed by atoms with E-state index < -0.39 is 5.51 Å². The molecular weight excluding hydrogens is 384 g/mol. The van der Waals surface area contributed by atoms with Crippen LogP contribution in [-0.2, 0) is 0 Å². The first-order chi connectivity index (χ1) is 10.4. The van der Waals surface area contributed by atoms with Crippen molar-refractivity contribution in [1.29, 1.82) is 0 Å². The van der Waals surface area contributed by atoms with E-state index in [1.54, 1.807) is 6.08 Å². The number of phenolic OH excluding ortho intramolecular Hbond substituents is 1. The molecule has 1 atom stereocenters. The third kappa shape index (κ3) is 6.72. The third-order valence-corrected chi connectivity index (χ3v) is 4.29. The van der Waals surface area contributed by atoms with E-state index in [2.05, 4.69) is 16.8 Å². The molecule has 0 amide bonds. The summed E-state index contributed by atoms with van der Waals surface area (Å²) < 4.78 is 37.6. The number of rotatable bonds is 5. The highest BCUT2D eigenvalue weighted by Crippen LogP contribution is 2.40. The molecule has 0 aliphatic carbocycles. The van der Waals surface area contributed by atoms with Gasteiger partial charge in [-0.05, 0) is 36.4 Å². The number of benzene rings is 1. The van der Waals surface area contributed by atoms with Gasteiger partial charge in [-0.1, -0.05) is 6.08 Å². The fourth-order valence-electron chi connectivity index (χ4n) is 2.62. The zero-order valence-electron chi connectivity index (χ0n) is 12.9. The number of piperazine rings is 1. The van der Waals surface area contributed by atoms with E-state index in [0.717, 1.165) is 26.2 Å². The molecule has 9 heteroatoms. The van der Waals surface area contributed by atoms with Crippen LogP contribution in [0.5, 0.6) is 5.75 Å². The summed E-state index contributed by atoms with van der Waals surface area (Å²) in [7, 11) is 0. The first-order valence-corrected chi connectivity index (χ1v) is 7.86. The molecule has 0 saturated carbocycles. The Hall–Kier alpha value is -0.600. The van der Waals surface area contributed by atoms with Crippen molar-refractivity contribution in [3.05, 3.63) is 36.4 Å². The zero-order chi connectivity index (χ0) is 16.2. The molecule has 2 rings (SSSR count). The maximum atomic E-state index is 12.5. The second kappa shape index (κ2) is 10.4. The topological polar surface area (TPSA) is 35.5 Å². The fourth-order valence-corrected chi connectivity index (χ4v) is 3.21. The molecular formula is C15H21Cl2F3N2OS. The Morgan fingerprint density at radius 1 is 1.29 bits per heavy atom. The second-order valence-corrected chi connectivity index (χ2v) is 6.23. The first-order valence-electron chi connectivity index (χ1n) is 7.05. The van der Waals surface area contributed by atoms with E-state index in [0.29, 0.717) is 12.0 Å². The van der Waals surface area contributed by atoms with Gasteiger partial charge in [0.05, 0.1) is 0 Å². The molecule has 1 heterocycles. The van der Waals surface area contributed by atoms with E-state index in [1.165, 1.54) is 18.2 Å². The van der Waals surface area contributed by atoms with Crippen molar-refractivity contribution < 1.29 is 18.3 Å². The summed E-state index contributed by atoms with van der Waals surface area (Å²) in [5.74, 6) is 0.0249. The van der Waals surface area contributed by atoms with Gasteiger partial charge in [-0.25, -0.2) is 0 Å². The Labute approximate surface area is 156 Å². The van der Waals surface area contributed by atoms with Crippen molar-refractivity contribution in [2.75, 3.05) is 26.2 Å². The molecule has 0 unspecified atom stereocenters. The number of aromatic hydroxyl groups is 1. The van der Waals surface area contributed by atoms with E-state index in [9.17, 15) is 18.3 Å². The molecule has 0 spiro atoms. The molecule has 3 nitrogen and oxygen atoms in total. The molecule has 0 radical (unpaired) electrons. The van der Waals surface area contributed by atoms with E-state index in [4.69, 9.17) is 0 Å². The molecule has 138 valence electrons. The molecule has 0 bridgehead atoms. The number of hydrogen-bond donors (Lipinski definition) is 2. The lowest BCUT2D eigenvalue weighted by Crippen LogP contribution is -2.45. The lowest BCUT2D eigenvalue weighted by molar-refractivity contribution is -0.0328. The number of alkyl halides is 3. The van der Waals surface area contributed by atoms with Crippen LogP contribution in [0.2, 0.25) is 0 Å². The Morgan fingerprint density at radius 2 is 1.92 bits per heavy atom. The number of hydrogen-bond acceptors (Lipinski definition) is 4. The lowest BCUT2D eigenvalue weighted by atomic mass is 10.00. The fraction of sp³-hybridized carbons (Fsp3) is 0.467. The molecule has 1 saturated heterocycles. The second-order valence-electron chi connectivity index (χ2n) is 5.09. The predicted octanol–water partition coefficient (Wildman–Crippen LogP) is 4.37. The van der Waals surface area contributed by atoms with Gasteiger partial charge in [-0.3, -0.25) is 4.90 Å². The normalized spacial score (nSPS) is 16.6. The van der Waals surface area contributed by atoms with Crippen LogP contribution in [0.4, 0.5) is 13.2 Å². The first kappa shape index (κ1) is 23.4. The monoisotopic (exact) mass is 404 g/mol. The molecule has 1 aromatic rings. The summed E-state index contributed by atoms with van der Waals surface area (Å²) in [5.41, 5.74) is -3.81. The lowest BCUT2D eigenvalue weighted by Gasteiger charge is -2.35. The summed E-state index contributed by atoms with van der Waals surface area (Å²) in [6.45, 7) is 6.95. The van der Waals surface area contributed by atoms with Crippen molar-refractivity contribution in [3.8, 4) is 5.75 Å². The zero-order valence-corrected chi connectivity index (χ0v) is 15.3. The largest absolute Gasteiger partial charge is 0.508 e. The van der Waals surface area contributed by atoms with Crippen molar-refractivity contribution in [2.24, 2.45) is 0 Å². The van der Waals surface area contributed by atoms with Gasteiger partial charge in [-0.2, -0.15) is 13.2 Å². The maximum absolute atomic E-state index is 12.5. The molecule has 0 aromatic heterocycles. The quantitative estimate of drug-likeness (QED) is 0.564. The maximum Gasteiger partial charge on any atom is 0.446 e. The Balaban J connectivity index is 0.00000264. The highest BCUT2D eigenvalue weighted by molar-refractivity contribution is 8.00. The molecule has 2 N–H and O–H groups in total. The van der Waals surface area contributed by atoms with Crippen LogP contribution in [0.15, 0.2) is 35.7 Å². The van der Waals surface area contributed by atoms with Crippen LogP contribution in [0, 0.1) is 0 Å². The van der Waals surface area contributed by atoms with Gasteiger partial charge in [0, 0.05) is 42.7 Å². The van der Waals surface area contributed by atoms with Crippen LogP contribution < -0.4 is 5.32 Å². The van der Waals surface area contributed by atoms with Crippen LogP contribution >= 0.6 is 36.6 Å². The minimum absolute atomic E-state index is 0. The van der Waals surface area contributed by atoms with Gasteiger partial charge in [0.1, 0.15) is 5.75 Å². The number of thioether (sulfide) groups is 1.